The molecule has 130 valence electrons. The van der Waals surface area contributed by atoms with Crippen LogP contribution in [0.15, 0.2) is 54.6 Å². The molecular weight excluding hydrogens is 318 g/mol. The second-order valence-corrected chi connectivity index (χ2v) is 5.94. The van der Waals surface area contributed by atoms with Crippen LogP contribution < -0.4 is 11.1 Å². The first-order valence-corrected chi connectivity index (χ1v) is 8.20. The normalized spacial score (nSPS) is 16.6. The molecule has 0 spiro atoms. The van der Waals surface area contributed by atoms with E-state index in [0.29, 0.717) is 19.6 Å². The largest absolute Gasteiger partial charge is 0.447 e. The monoisotopic (exact) mass is 339 g/mol. The minimum absolute atomic E-state index is 0.0730. The molecule has 2 amide bonds. The number of nitrogens with one attached hydrogen (secondary N) is 1. The Labute approximate surface area is 146 Å². The van der Waals surface area contributed by atoms with Gasteiger partial charge in [0.15, 0.2) is 0 Å². The number of nitrogens with zero attached hydrogens (tertiary/aromatic N) is 1. The third-order valence-electron chi connectivity index (χ3n) is 4.20. The van der Waals surface area contributed by atoms with E-state index in [2.05, 4.69) is 5.32 Å². The van der Waals surface area contributed by atoms with Crippen LogP contribution in [-0.4, -0.2) is 29.5 Å². The molecule has 1 heterocycles. The molecule has 1 fully saturated rings. The van der Waals surface area contributed by atoms with Crippen LogP contribution in [0.25, 0.3) is 0 Å². The number of nitrogens with two attached hydrogens (primary N) is 1. The summed E-state index contributed by atoms with van der Waals surface area (Å²) >= 11 is 0. The summed E-state index contributed by atoms with van der Waals surface area (Å²) in [5, 5.41) is 2.87. The molecule has 2 aromatic rings. The molecule has 0 aliphatic carbocycles. The van der Waals surface area contributed by atoms with Crippen molar-refractivity contribution in [2.75, 3.05) is 6.61 Å². The Morgan fingerprint density at radius 1 is 1.08 bits per heavy atom. The molecule has 0 aromatic heterocycles. The average Bonchev–Trinajstić information content (AvgIpc) is 3.01. The van der Waals surface area contributed by atoms with Crippen molar-refractivity contribution in [2.24, 2.45) is 5.73 Å². The topological polar surface area (TPSA) is 84.7 Å². The van der Waals surface area contributed by atoms with Crippen molar-refractivity contribution in [3.05, 3.63) is 71.3 Å². The number of carbonyl (C=O) groups excluding carboxylic acids is 2. The van der Waals surface area contributed by atoms with Gasteiger partial charge < -0.3 is 15.8 Å². The maximum atomic E-state index is 12.5. The van der Waals surface area contributed by atoms with Gasteiger partial charge in [-0.2, -0.15) is 0 Å². The number of hydrogen-bond donors (Lipinski definition) is 2. The maximum absolute atomic E-state index is 12.5. The summed E-state index contributed by atoms with van der Waals surface area (Å²) in [4.78, 5) is 25.9. The van der Waals surface area contributed by atoms with E-state index in [-0.39, 0.29) is 12.5 Å². The molecular formula is C19H21N3O3. The summed E-state index contributed by atoms with van der Waals surface area (Å²) in [6.45, 7) is 1.31. The summed E-state index contributed by atoms with van der Waals surface area (Å²) in [7, 11) is 0. The van der Waals surface area contributed by atoms with Gasteiger partial charge in [0.05, 0.1) is 6.54 Å². The highest BCUT2D eigenvalue weighted by Crippen LogP contribution is 2.17. The zero-order chi connectivity index (χ0) is 17.6. The first-order chi connectivity index (χ1) is 12.2. The molecule has 0 saturated carbocycles. The van der Waals surface area contributed by atoms with Gasteiger partial charge in [-0.1, -0.05) is 54.6 Å². The van der Waals surface area contributed by atoms with Crippen LogP contribution in [0, 0.1) is 0 Å². The Balaban J connectivity index is 1.60. The van der Waals surface area contributed by atoms with Gasteiger partial charge in [0, 0.05) is 13.1 Å². The smallest absolute Gasteiger partial charge is 0.410 e. The van der Waals surface area contributed by atoms with Gasteiger partial charge in [-0.3, -0.25) is 9.69 Å². The fourth-order valence-corrected chi connectivity index (χ4v) is 2.72. The van der Waals surface area contributed by atoms with Crippen molar-refractivity contribution < 1.29 is 14.3 Å². The van der Waals surface area contributed by atoms with E-state index in [1.54, 1.807) is 0 Å². The summed E-state index contributed by atoms with van der Waals surface area (Å²) < 4.78 is 5.07. The second-order valence-electron chi connectivity index (χ2n) is 5.94. The molecule has 0 radical (unpaired) electrons. The minimum Gasteiger partial charge on any atom is -0.447 e. The second kappa shape index (κ2) is 7.81. The third-order valence-corrected chi connectivity index (χ3v) is 4.20. The Kier molecular flexibility index (Phi) is 5.30. The summed E-state index contributed by atoms with van der Waals surface area (Å²) in [5.41, 5.74) is 8.55. The van der Waals surface area contributed by atoms with Crippen LogP contribution in [0.1, 0.15) is 16.7 Å². The third kappa shape index (κ3) is 4.16. The molecule has 0 bridgehead atoms. The Morgan fingerprint density at radius 3 is 2.44 bits per heavy atom. The molecule has 6 nitrogen and oxygen atoms in total. The molecule has 1 atom stereocenters. The summed E-state index contributed by atoms with van der Waals surface area (Å²) in [6, 6.07) is 16.7. The molecule has 1 aliphatic heterocycles. The van der Waals surface area contributed by atoms with E-state index in [9.17, 15) is 9.59 Å². The highest BCUT2D eigenvalue weighted by Gasteiger charge is 2.37. The number of carbonyl (C=O) groups is 2. The Hall–Kier alpha value is -2.86. The molecule has 3 rings (SSSR count). The molecule has 6 heteroatoms. The average molecular weight is 339 g/mol. The number of cyclic esters (lactones) is 1. The van der Waals surface area contributed by atoms with Crippen molar-refractivity contribution in [1.29, 1.82) is 0 Å². The molecule has 1 saturated heterocycles. The van der Waals surface area contributed by atoms with Gasteiger partial charge >= 0.3 is 6.09 Å². The molecule has 0 unspecified atom stereocenters. The van der Waals surface area contributed by atoms with E-state index < -0.39 is 12.1 Å². The van der Waals surface area contributed by atoms with Crippen molar-refractivity contribution in [1.82, 2.24) is 10.2 Å². The predicted octanol–water partition coefficient (Wildman–Crippen LogP) is 1.78. The highest BCUT2D eigenvalue weighted by molar-refractivity contribution is 5.87. The first-order valence-electron chi connectivity index (χ1n) is 8.20. The number of ether oxygens (including phenoxy) is 1. The minimum atomic E-state index is -0.615. The molecule has 1 aliphatic rings. The van der Waals surface area contributed by atoms with Crippen LogP contribution in [0.2, 0.25) is 0 Å². The van der Waals surface area contributed by atoms with E-state index >= 15 is 0 Å². The van der Waals surface area contributed by atoms with Gasteiger partial charge in [0.2, 0.25) is 5.91 Å². The lowest BCUT2D eigenvalue weighted by molar-refractivity contribution is -0.125. The summed E-state index contributed by atoms with van der Waals surface area (Å²) in [6.07, 6.45) is -0.462. The van der Waals surface area contributed by atoms with Gasteiger partial charge in [0.1, 0.15) is 12.6 Å². The highest BCUT2D eigenvalue weighted by atomic mass is 16.6. The van der Waals surface area contributed by atoms with Crippen molar-refractivity contribution >= 4 is 12.0 Å². The van der Waals surface area contributed by atoms with E-state index in [0.717, 1.165) is 16.7 Å². The zero-order valence-electron chi connectivity index (χ0n) is 13.9. The molecule has 2 aromatic carbocycles. The lowest BCUT2D eigenvalue weighted by Crippen LogP contribution is -2.45. The maximum Gasteiger partial charge on any atom is 0.410 e. The Morgan fingerprint density at radius 2 is 1.76 bits per heavy atom. The van der Waals surface area contributed by atoms with Crippen molar-refractivity contribution in [3.8, 4) is 0 Å². The van der Waals surface area contributed by atoms with Crippen LogP contribution in [0.3, 0.4) is 0 Å². The van der Waals surface area contributed by atoms with Gasteiger partial charge in [-0.15, -0.1) is 0 Å². The molecule has 25 heavy (non-hydrogen) atoms. The molecule has 3 N–H and O–H groups in total. The van der Waals surface area contributed by atoms with Gasteiger partial charge in [-0.05, 0) is 16.7 Å². The van der Waals surface area contributed by atoms with Crippen LogP contribution in [0.5, 0.6) is 0 Å². The number of benzene rings is 2. The Bertz CT molecular complexity index is 731. The van der Waals surface area contributed by atoms with E-state index in [1.807, 2.05) is 54.6 Å². The van der Waals surface area contributed by atoms with E-state index in [1.165, 1.54) is 4.90 Å². The van der Waals surface area contributed by atoms with Crippen LogP contribution in [-0.2, 0) is 29.2 Å². The fraction of sp³-hybridized carbons (Fsp3) is 0.263. The summed E-state index contributed by atoms with van der Waals surface area (Å²) in [5.74, 6) is -0.218. The fourth-order valence-electron chi connectivity index (χ4n) is 2.72. The number of amides is 2. The van der Waals surface area contributed by atoms with Crippen LogP contribution >= 0.6 is 0 Å². The lowest BCUT2D eigenvalue weighted by atomic mass is 10.1. The number of hydrogen-bond acceptors (Lipinski definition) is 4. The van der Waals surface area contributed by atoms with E-state index in [4.69, 9.17) is 10.5 Å². The number of rotatable bonds is 6. The zero-order valence-corrected chi connectivity index (χ0v) is 13.9. The quantitative estimate of drug-likeness (QED) is 0.840. The SMILES string of the molecule is NCc1ccc(CNC(=O)[C@@H]2COC(=O)N2Cc2ccccc2)cc1. The lowest BCUT2D eigenvalue weighted by Gasteiger charge is -2.21. The first kappa shape index (κ1) is 17.0. The predicted molar refractivity (Wildman–Crippen MR) is 93.3 cm³/mol. The van der Waals surface area contributed by atoms with Gasteiger partial charge in [-0.25, -0.2) is 4.79 Å². The standard InChI is InChI=1S/C19H21N3O3/c20-10-14-6-8-15(9-7-14)11-21-18(23)17-13-25-19(24)22(17)12-16-4-2-1-3-5-16/h1-9,17H,10-13,20H2,(H,21,23)/t17-/m0/s1. The van der Waals surface area contributed by atoms with Gasteiger partial charge in [0.25, 0.3) is 0 Å². The van der Waals surface area contributed by atoms with Crippen LogP contribution in [0.4, 0.5) is 4.79 Å². The van der Waals surface area contributed by atoms with Crippen molar-refractivity contribution in [2.45, 2.75) is 25.7 Å². The van der Waals surface area contributed by atoms with Crippen molar-refractivity contribution in [3.63, 3.8) is 0 Å².